The topological polar surface area (TPSA) is 93.1 Å². The Morgan fingerprint density at radius 1 is 1.14 bits per heavy atom. The van der Waals surface area contributed by atoms with Crippen LogP contribution in [0, 0.1) is 5.82 Å². The zero-order valence-electron chi connectivity index (χ0n) is 15.4. The highest BCUT2D eigenvalue weighted by Crippen LogP contribution is 2.21. The average Bonchev–Trinajstić information content (AvgIpc) is 3.27. The van der Waals surface area contributed by atoms with E-state index < -0.39 is 21.9 Å². The zero-order valence-corrected chi connectivity index (χ0v) is 16.2. The number of hydrogen-bond acceptors (Lipinski definition) is 4. The molecule has 2 aromatic carbocycles. The molecule has 0 bridgehead atoms. The van der Waals surface area contributed by atoms with Crippen molar-refractivity contribution in [2.24, 2.45) is 0 Å². The SMILES string of the molecule is O=C(NCc1ccccc1)c1cnn2c1CC(NS(=O)(=O)c1ccc(F)cc1)C2. The van der Waals surface area contributed by atoms with Gasteiger partial charge >= 0.3 is 0 Å². The van der Waals surface area contributed by atoms with Crippen LogP contribution >= 0.6 is 0 Å². The maximum atomic E-state index is 13.0. The van der Waals surface area contributed by atoms with E-state index in [1.165, 1.54) is 18.3 Å². The fourth-order valence-electron chi connectivity index (χ4n) is 3.33. The van der Waals surface area contributed by atoms with Gasteiger partial charge in [0, 0.05) is 19.0 Å². The normalized spacial score (nSPS) is 15.8. The predicted octanol–water partition coefficient (Wildman–Crippen LogP) is 1.86. The van der Waals surface area contributed by atoms with Crippen molar-refractivity contribution in [2.75, 3.05) is 0 Å². The summed E-state index contributed by atoms with van der Waals surface area (Å²) >= 11 is 0. The van der Waals surface area contributed by atoms with Crippen LogP contribution in [0.2, 0.25) is 0 Å². The number of benzene rings is 2. The van der Waals surface area contributed by atoms with Gasteiger partial charge in [0.05, 0.1) is 28.9 Å². The monoisotopic (exact) mass is 414 g/mol. The smallest absolute Gasteiger partial charge is 0.255 e. The lowest BCUT2D eigenvalue weighted by molar-refractivity contribution is 0.0950. The molecule has 0 saturated carbocycles. The Hall–Kier alpha value is -3.04. The van der Waals surface area contributed by atoms with E-state index in [2.05, 4.69) is 15.1 Å². The number of rotatable bonds is 6. The fraction of sp³-hybridized carbons (Fsp3) is 0.200. The molecule has 1 atom stereocenters. The van der Waals surface area contributed by atoms with Crippen molar-refractivity contribution in [2.45, 2.75) is 30.4 Å². The second kappa shape index (κ2) is 7.76. The number of sulfonamides is 1. The van der Waals surface area contributed by atoms with Crippen LogP contribution in [0.15, 0.2) is 65.7 Å². The summed E-state index contributed by atoms with van der Waals surface area (Å²) in [5.41, 5.74) is 2.10. The molecule has 0 aliphatic carbocycles. The zero-order chi connectivity index (χ0) is 20.4. The minimum atomic E-state index is -3.79. The molecule has 1 unspecified atom stereocenters. The summed E-state index contributed by atoms with van der Waals surface area (Å²) in [6.45, 7) is 0.715. The standard InChI is InChI=1S/C20H19FN4O3S/c21-15-6-8-17(9-7-15)29(27,28)24-16-10-19-18(12-23-25(19)13-16)20(26)22-11-14-4-2-1-3-5-14/h1-9,12,16,24H,10-11,13H2,(H,22,26). The summed E-state index contributed by atoms with van der Waals surface area (Å²) in [6, 6.07) is 13.7. The molecule has 150 valence electrons. The Labute approximate surface area is 167 Å². The van der Waals surface area contributed by atoms with E-state index in [9.17, 15) is 17.6 Å². The number of nitrogens with one attached hydrogen (secondary N) is 2. The van der Waals surface area contributed by atoms with Crippen LogP contribution in [0.4, 0.5) is 4.39 Å². The first kappa shape index (κ1) is 19.3. The van der Waals surface area contributed by atoms with Gasteiger partial charge in [-0.05, 0) is 29.8 Å². The molecule has 7 nitrogen and oxygen atoms in total. The third-order valence-corrected chi connectivity index (χ3v) is 6.30. The van der Waals surface area contributed by atoms with E-state index in [1.807, 2.05) is 30.3 Å². The van der Waals surface area contributed by atoms with E-state index >= 15 is 0 Å². The molecule has 2 heterocycles. The first-order valence-corrected chi connectivity index (χ1v) is 10.6. The van der Waals surface area contributed by atoms with Gasteiger partial charge in [-0.15, -0.1) is 0 Å². The van der Waals surface area contributed by atoms with Gasteiger partial charge in [0.1, 0.15) is 5.82 Å². The lowest BCUT2D eigenvalue weighted by Crippen LogP contribution is -2.36. The van der Waals surface area contributed by atoms with E-state index in [0.717, 1.165) is 17.7 Å². The Kier molecular flexibility index (Phi) is 5.16. The van der Waals surface area contributed by atoms with Crippen molar-refractivity contribution < 1.29 is 17.6 Å². The maximum absolute atomic E-state index is 13.0. The summed E-state index contributed by atoms with van der Waals surface area (Å²) in [4.78, 5) is 12.5. The molecule has 29 heavy (non-hydrogen) atoms. The predicted molar refractivity (Wildman–Crippen MR) is 104 cm³/mol. The van der Waals surface area contributed by atoms with Gasteiger partial charge in [0.15, 0.2) is 0 Å². The molecule has 0 saturated heterocycles. The number of hydrogen-bond donors (Lipinski definition) is 2. The van der Waals surface area contributed by atoms with Crippen molar-refractivity contribution in [3.63, 3.8) is 0 Å². The third kappa shape index (κ3) is 4.20. The van der Waals surface area contributed by atoms with E-state index in [0.29, 0.717) is 30.8 Å². The molecule has 9 heteroatoms. The van der Waals surface area contributed by atoms with Gasteiger partial charge < -0.3 is 5.32 Å². The minimum absolute atomic E-state index is 0.00994. The molecule has 1 aliphatic heterocycles. The second-order valence-corrected chi connectivity index (χ2v) is 8.55. The molecular weight excluding hydrogens is 395 g/mol. The van der Waals surface area contributed by atoms with Gasteiger partial charge in [0.2, 0.25) is 10.0 Å². The van der Waals surface area contributed by atoms with Crippen LogP contribution in [-0.2, 0) is 29.5 Å². The van der Waals surface area contributed by atoms with Crippen molar-refractivity contribution in [3.05, 3.63) is 83.4 Å². The summed E-state index contributed by atoms with van der Waals surface area (Å²) in [5.74, 6) is -0.756. The van der Waals surface area contributed by atoms with E-state index in [-0.39, 0.29) is 10.8 Å². The molecule has 1 aromatic heterocycles. The van der Waals surface area contributed by atoms with Crippen molar-refractivity contribution >= 4 is 15.9 Å². The molecule has 1 aliphatic rings. The molecule has 3 aromatic rings. The lowest BCUT2D eigenvalue weighted by Gasteiger charge is -2.12. The highest BCUT2D eigenvalue weighted by molar-refractivity contribution is 7.89. The Morgan fingerprint density at radius 2 is 1.86 bits per heavy atom. The van der Waals surface area contributed by atoms with E-state index in [4.69, 9.17) is 0 Å². The summed E-state index contributed by atoms with van der Waals surface area (Å²) in [6.07, 6.45) is 1.84. The lowest BCUT2D eigenvalue weighted by atomic mass is 10.1. The number of carbonyl (C=O) groups excluding carboxylic acids is 1. The highest BCUT2D eigenvalue weighted by Gasteiger charge is 2.31. The minimum Gasteiger partial charge on any atom is -0.348 e. The summed E-state index contributed by atoms with van der Waals surface area (Å²) < 4.78 is 42.3. The fourth-order valence-corrected chi connectivity index (χ4v) is 4.56. The number of nitrogens with zero attached hydrogens (tertiary/aromatic N) is 2. The van der Waals surface area contributed by atoms with Gasteiger partial charge in [0.25, 0.3) is 5.91 Å². The first-order valence-electron chi connectivity index (χ1n) is 9.07. The molecule has 1 amide bonds. The van der Waals surface area contributed by atoms with Gasteiger partial charge in [-0.3, -0.25) is 9.48 Å². The van der Waals surface area contributed by atoms with E-state index in [1.54, 1.807) is 4.68 Å². The number of aromatic nitrogens is 2. The summed E-state index contributed by atoms with van der Waals surface area (Å²) in [7, 11) is -3.79. The number of carbonyl (C=O) groups is 1. The van der Waals surface area contributed by atoms with Crippen LogP contribution in [0.3, 0.4) is 0 Å². The van der Waals surface area contributed by atoms with Crippen LogP contribution in [0.1, 0.15) is 21.6 Å². The number of halogens is 1. The van der Waals surface area contributed by atoms with Gasteiger partial charge in [-0.2, -0.15) is 5.10 Å². The maximum Gasteiger partial charge on any atom is 0.255 e. The van der Waals surface area contributed by atoms with Gasteiger partial charge in [-0.1, -0.05) is 30.3 Å². The largest absolute Gasteiger partial charge is 0.348 e. The van der Waals surface area contributed by atoms with Crippen LogP contribution < -0.4 is 10.0 Å². The molecule has 4 rings (SSSR count). The summed E-state index contributed by atoms with van der Waals surface area (Å²) in [5, 5.41) is 7.07. The van der Waals surface area contributed by atoms with Crippen LogP contribution in [-0.4, -0.2) is 30.1 Å². The number of fused-ring (bicyclic) bond motifs is 1. The third-order valence-electron chi connectivity index (χ3n) is 4.77. The van der Waals surface area contributed by atoms with Crippen molar-refractivity contribution in [1.29, 1.82) is 0 Å². The Bertz CT molecular complexity index is 1130. The van der Waals surface area contributed by atoms with Crippen LogP contribution in [0.5, 0.6) is 0 Å². The number of amides is 1. The Morgan fingerprint density at radius 3 is 2.59 bits per heavy atom. The molecule has 0 fully saturated rings. The second-order valence-electron chi connectivity index (χ2n) is 6.83. The van der Waals surface area contributed by atoms with Gasteiger partial charge in [-0.25, -0.2) is 17.5 Å². The van der Waals surface area contributed by atoms with Crippen LogP contribution in [0.25, 0.3) is 0 Å². The highest BCUT2D eigenvalue weighted by atomic mass is 32.2. The Balaban J connectivity index is 1.42. The molecule has 0 radical (unpaired) electrons. The molecular formula is C20H19FN4O3S. The van der Waals surface area contributed by atoms with Crippen molar-refractivity contribution in [1.82, 2.24) is 19.8 Å². The average molecular weight is 414 g/mol. The molecule has 0 spiro atoms. The quantitative estimate of drug-likeness (QED) is 0.644. The van der Waals surface area contributed by atoms with Crippen molar-refractivity contribution in [3.8, 4) is 0 Å². The first-order chi connectivity index (χ1) is 13.9. The molecule has 2 N–H and O–H groups in total.